The molecule has 0 atom stereocenters. The van der Waals surface area contributed by atoms with Crippen LogP contribution in [0.5, 0.6) is 5.75 Å². The van der Waals surface area contributed by atoms with Crippen molar-refractivity contribution in [3.8, 4) is 28.3 Å². The monoisotopic (exact) mass is 483 g/mol. The number of fused-ring (bicyclic) bond motifs is 1. The highest BCUT2D eigenvalue weighted by molar-refractivity contribution is 5.94. The van der Waals surface area contributed by atoms with E-state index in [-0.39, 0.29) is 17.8 Å². The average Bonchev–Trinajstić information content (AvgIpc) is 3.33. The fourth-order valence-corrected chi connectivity index (χ4v) is 4.16. The Morgan fingerprint density at radius 3 is 2.67 bits per heavy atom. The second-order valence-corrected chi connectivity index (χ2v) is 8.83. The highest BCUT2D eigenvalue weighted by Crippen LogP contribution is 2.36. The zero-order chi connectivity index (χ0) is 25.2. The molecule has 0 bridgehead atoms. The summed E-state index contributed by atoms with van der Waals surface area (Å²) in [6.07, 6.45) is 4.92. The molecule has 1 aliphatic heterocycles. The number of carbonyl (C=O) groups is 1. The number of furan rings is 1. The van der Waals surface area contributed by atoms with Crippen molar-refractivity contribution in [1.29, 1.82) is 0 Å². The molecule has 36 heavy (non-hydrogen) atoms. The predicted octanol–water partition coefficient (Wildman–Crippen LogP) is 5.07. The van der Waals surface area contributed by atoms with Crippen molar-refractivity contribution in [1.82, 2.24) is 19.9 Å². The molecule has 4 aromatic rings. The minimum Gasteiger partial charge on any atom is -0.499 e. The maximum atomic E-state index is 12.3. The van der Waals surface area contributed by atoms with Crippen LogP contribution in [-0.4, -0.2) is 59.2 Å². The number of hydrogen-bond acceptors (Lipinski definition) is 7. The zero-order valence-electron chi connectivity index (χ0n) is 20.3. The van der Waals surface area contributed by atoms with E-state index < -0.39 is 0 Å². The van der Waals surface area contributed by atoms with Crippen LogP contribution in [0.25, 0.3) is 38.5 Å². The zero-order valence-corrected chi connectivity index (χ0v) is 20.3. The number of aromatic nitrogens is 3. The van der Waals surface area contributed by atoms with Gasteiger partial charge in [0.1, 0.15) is 28.8 Å². The third-order valence-electron chi connectivity index (χ3n) is 6.10. The van der Waals surface area contributed by atoms with E-state index >= 15 is 0 Å². The van der Waals surface area contributed by atoms with Crippen LogP contribution in [0.1, 0.15) is 28.9 Å². The first-order valence-electron chi connectivity index (χ1n) is 11.6. The van der Waals surface area contributed by atoms with E-state index in [0.717, 1.165) is 29.5 Å². The van der Waals surface area contributed by atoms with E-state index in [4.69, 9.17) is 20.5 Å². The van der Waals surface area contributed by atoms with Gasteiger partial charge in [-0.1, -0.05) is 6.57 Å². The molecule has 0 aromatic carbocycles. The molecule has 0 N–H and O–H groups in total. The topological polar surface area (TPSA) is 94.9 Å². The maximum Gasteiger partial charge on any atom is 0.312 e. The minimum atomic E-state index is -0.163. The summed E-state index contributed by atoms with van der Waals surface area (Å²) < 4.78 is 17.7. The van der Waals surface area contributed by atoms with Crippen molar-refractivity contribution < 1.29 is 18.7 Å². The SMILES string of the molecule is [C-]#[N+]c1nc(-c2ccnc3cc(-c4cnc(C(=O)N(C)C)cc4C)oc23)ccc1OC1CCOCC1. The van der Waals surface area contributed by atoms with Crippen LogP contribution >= 0.6 is 0 Å². The van der Waals surface area contributed by atoms with Crippen molar-refractivity contribution in [2.75, 3.05) is 27.3 Å². The molecule has 9 nitrogen and oxygen atoms in total. The summed E-state index contributed by atoms with van der Waals surface area (Å²) >= 11 is 0. The second kappa shape index (κ2) is 9.76. The van der Waals surface area contributed by atoms with Gasteiger partial charge in [0.15, 0.2) is 11.3 Å². The molecule has 1 amide bonds. The lowest BCUT2D eigenvalue weighted by atomic mass is 10.1. The summed E-state index contributed by atoms with van der Waals surface area (Å²) in [4.78, 5) is 30.7. The van der Waals surface area contributed by atoms with Crippen molar-refractivity contribution >= 4 is 22.8 Å². The number of amides is 1. The van der Waals surface area contributed by atoms with E-state index in [1.165, 1.54) is 4.90 Å². The molecule has 0 radical (unpaired) electrons. The Hall–Kier alpha value is -4.29. The quantitative estimate of drug-likeness (QED) is 0.366. The lowest BCUT2D eigenvalue weighted by Gasteiger charge is -2.23. The van der Waals surface area contributed by atoms with Crippen molar-refractivity contribution in [2.45, 2.75) is 25.9 Å². The predicted molar refractivity (Wildman–Crippen MR) is 134 cm³/mol. The lowest BCUT2D eigenvalue weighted by Crippen LogP contribution is -2.25. The largest absolute Gasteiger partial charge is 0.499 e. The van der Waals surface area contributed by atoms with Crippen LogP contribution in [-0.2, 0) is 4.74 Å². The third kappa shape index (κ3) is 4.51. The number of rotatable bonds is 5. The van der Waals surface area contributed by atoms with Gasteiger partial charge in [-0.3, -0.25) is 14.8 Å². The molecule has 1 saturated heterocycles. The first-order valence-corrected chi connectivity index (χ1v) is 11.6. The Bertz CT molecular complexity index is 1480. The number of carbonyl (C=O) groups excluding carboxylic acids is 1. The molecule has 182 valence electrons. The molecule has 0 aliphatic carbocycles. The Morgan fingerprint density at radius 2 is 1.94 bits per heavy atom. The van der Waals surface area contributed by atoms with Gasteiger partial charge in [0.05, 0.1) is 18.8 Å². The molecule has 4 aromatic heterocycles. The van der Waals surface area contributed by atoms with Gasteiger partial charge < -0.3 is 23.6 Å². The van der Waals surface area contributed by atoms with Crippen molar-refractivity contribution in [2.24, 2.45) is 0 Å². The molecule has 0 saturated carbocycles. The fraction of sp³-hybridized carbons (Fsp3) is 0.296. The Morgan fingerprint density at radius 1 is 1.14 bits per heavy atom. The van der Waals surface area contributed by atoms with Gasteiger partial charge in [-0.05, 0) is 36.8 Å². The maximum absolute atomic E-state index is 12.3. The van der Waals surface area contributed by atoms with Crippen LogP contribution < -0.4 is 4.74 Å². The van der Waals surface area contributed by atoms with Crippen LogP contribution in [0, 0.1) is 13.5 Å². The van der Waals surface area contributed by atoms with Crippen LogP contribution in [0.15, 0.2) is 47.1 Å². The molecule has 9 heteroatoms. The summed E-state index contributed by atoms with van der Waals surface area (Å²) in [5, 5.41) is 0. The van der Waals surface area contributed by atoms with Gasteiger partial charge in [0.25, 0.3) is 5.91 Å². The highest BCUT2D eigenvalue weighted by Gasteiger charge is 2.21. The van der Waals surface area contributed by atoms with Gasteiger partial charge in [-0.2, -0.15) is 0 Å². The summed E-state index contributed by atoms with van der Waals surface area (Å²) in [5.74, 6) is 1.10. The second-order valence-electron chi connectivity index (χ2n) is 8.83. The van der Waals surface area contributed by atoms with Crippen molar-refractivity contribution in [3.05, 3.63) is 65.4 Å². The number of pyridine rings is 3. The van der Waals surface area contributed by atoms with E-state index in [2.05, 4.69) is 19.8 Å². The van der Waals surface area contributed by atoms with Crippen LogP contribution in [0.4, 0.5) is 5.82 Å². The van der Waals surface area contributed by atoms with Gasteiger partial charge >= 0.3 is 5.82 Å². The molecule has 1 aliphatic rings. The van der Waals surface area contributed by atoms with Gasteiger partial charge in [0, 0.05) is 51.0 Å². The van der Waals surface area contributed by atoms with Gasteiger partial charge in [0.2, 0.25) is 0 Å². The number of aryl methyl sites for hydroxylation is 1. The molecule has 1 fully saturated rings. The Kier molecular flexibility index (Phi) is 6.36. The number of nitrogens with zero attached hydrogens (tertiary/aromatic N) is 5. The molecular formula is C27H25N5O4. The minimum absolute atomic E-state index is 0.0171. The summed E-state index contributed by atoms with van der Waals surface area (Å²) in [6, 6.07) is 9.02. The van der Waals surface area contributed by atoms with E-state index in [9.17, 15) is 4.79 Å². The molecule has 5 rings (SSSR count). The highest BCUT2D eigenvalue weighted by atomic mass is 16.5. The standard InChI is InChI=1S/C27H25N5O4/c1-16-13-22(27(33)32(3)4)30-15-19(16)24-14-21-25(36-24)18(7-10-29-21)20-5-6-23(26(28-2)31-20)35-17-8-11-34-12-9-17/h5-7,10,13-15,17H,8-9,11-12H2,1,3-4H3. The van der Waals surface area contributed by atoms with Gasteiger partial charge in [-0.25, -0.2) is 0 Å². The fourth-order valence-electron chi connectivity index (χ4n) is 4.16. The van der Waals surface area contributed by atoms with E-state index in [0.29, 0.717) is 47.2 Å². The summed E-state index contributed by atoms with van der Waals surface area (Å²) in [7, 11) is 3.38. The first kappa shape index (κ1) is 23.5. The van der Waals surface area contributed by atoms with Crippen LogP contribution in [0.2, 0.25) is 0 Å². The summed E-state index contributed by atoms with van der Waals surface area (Å²) in [5.41, 5.74) is 4.53. The molecule has 0 spiro atoms. The molecule has 0 unspecified atom stereocenters. The smallest absolute Gasteiger partial charge is 0.312 e. The Labute approximate surface area is 208 Å². The number of hydrogen-bond donors (Lipinski definition) is 0. The van der Waals surface area contributed by atoms with E-state index in [1.807, 2.05) is 25.1 Å². The molecular weight excluding hydrogens is 458 g/mol. The first-order chi connectivity index (χ1) is 17.4. The van der Waals surface area contributed by atoms with Crippen molar-refractivity contribution in [3.63, 3.8) is 0 Å². The third-order valence-corrected chi connectivity index (χ3v) is 6.10. The van der Waals surface area contributed by atoms with E-state index in [1.54, 1.807) is 38.6 Å². The van der Waals surface area contributed by atoms with Gasteiger partial charge in [-0.15, -0.1) is 4.98 Å². The lowest BCUT2D eigenvalue weighted by molar-refractivity contribution is 0.0258. The Balaban J connectivity index is 1.49. The normalized spacial score (nSPS) is 13.9. The number of ether oxygens (including phenoxy) is 2. The molecule has 5 heterocycles. The van der Waals surface area contributed by atoms with Crippen LogP contribution in [0.3, 0.4) is 0 Å². The average molecular weight is 484 g/mol. The summed E-state index contributed by atoms with van der Waals surface area (Å²) in [6.45, 7) is 10.8.